The molecular formula is C41H71NO30. The summed E-state index contributed by atoms with van der Waals surface area (Å²) >= 11 is 0. The maximum atomic E-state index is 12.8. The van der Waals surface area contributed by atoms with E-state index in [1.165, 1.54) is 6.92 Å². The van der Waals surface area contributed by atoms with Crippen LogP contribution in [-0.2, 0) is 61.6 Å². The van der Waals surface area contributed by atoms with Crippen molar-refractivity contribution >= 4 is 5.91 Å². The fourth-order valence-corrected chi connectivity index (χ4v) is 9.21. The minimum atomic E-state index is -2.21. The largest absolute Gasteiger partial charge is 0.394 e. The molecular weight excluding hydrogens is 986 g/mol. The number of aliphatic hydroxyl groups excluding tert-OH is 17. The van der Waals surface area contributed by atoms with Crippen LogP contribution in [0.3, 0.4) is 0 Å². The number of carbonyl (C=O) groups excluding carboxylic acids is 1. The zero-order valence-corrected chi connectivity index (χ0v) is 39.3. The average molecular weight is 1060 g/mol. The van der Waals surface area contributed by atoms with Gasteiger partial charge in [0.1, 0.15) is 140 Å². The number of aliphatic hydroxyl groups is 17. The third-order valence-corrected chi connectivity index (χ3v) is 13.2. The molecule has 72 heavy (non-hydrogen) atoms. The van der Waals surface area contributed by atoms with Crippen LogP contribution in [-0.4, -0.2) is 316 Å². The monoisotopic (exact) mass is 1060 g/mol. The molecule has 30 atom stereocenters. The Morgan fingerprint density at radius 1 is 0.403 bits per heavy atom. The molecule has 31 heteroatoms. The lowest BCUT2D eigenvalue weighted by Crippen LogP contribution is -2.70. The van der Waals surface area contributed by atoms with E-state index in [1.807, 2.05) is 0 Å². The maximum Gasteiger partial charge on any atom is 0.217 e. The molecule has 0 spiro atoms. The maximum absolute atomic E-state index is 12.8. The van der Waals surface area contributed by atoms with Crippen LogP contribution in [0.15, 0.2) is 0 Å². The Balaban J connectivity index is 1.22. The zero-order chi connectivity index (χ0) is 53.2. The molecule has 6 saturated heterocycles. The van der Waals surface area contributed by atoms with Crippen molar-refractivity contribution in [3.63, 3.8) is 0 Å². The molecule has 0 aliphatic carbocycles. The van der Waals surface area contributed by atoms with Crippen LogP contribution in [0.1, 0.15) is 27.7 Å². The van der Waals surface area contributed by atoms with E-state index in [0.29, 0.717) is 0 Å². The third-order valence-electron chi connectivity index (χ3n) is 13.2. The van der Waals surface area contributed by atoms with E-state index in [1.54, 1.807) is 13.8 Å². The van der Waals surface area contributed by atoms with Crippen molar-refractivity contribution in [2.24, 2.45) is 0 Å². The van der Waals surface area contributed by atoms with Crippen LogP contribution in [0.5, 0.6) is 0 Å². The molecule has 18 N–H and O–H groups in total. The fraction of sp³-hybridized carbons (Fsp3) is 0.976. The number of hydrogen-bond acceptors (Lipinski definition) is 30. The van der Waals surface area contributed by atoms with Crippen molar-refractivity contribution in [1.82, 2.24) is 5.32 Å². The van der Waals surface area contributed by atoms with Gasteiger partial charge in [0.25, 0.3) is 0 Å². The van der Waals surface area contributed by atoms with Crippen molar-refractivity contribution in [2.45, 2.75) is 218 Å². The predicted molar refractivity (Wildman–Crippen MR) is 223 cm³/mol. The Labute approximate surface area is 410 Å². The summed E-state index contributed by atoms with van der Waals surface area (Å²) in [6.07, 6.45) is -53.5. The minimum absolute atomic E-state index is 0.479. The van der Waals surface area contributed by atoms with Crippen LogP contribution in [0.25, 0.3) is 0 Å². The Bertz CT molecular complexity index is 1680. The number of hydrogen-bond donors (Lipinski definition) is 18. The van der Waals surface area contributed by atoms with Gasteiger partial charge in [0.15, 0.2) is 37.7 Å². The molecule has 6 heterocycles. The molecule has 0 aromatic heterocycles. The Morgan fingerprint density at radius 2 is 0.778 bits per heavy atom. The summed E-state index contributed by atoms with van der Waals surface area (Å²) < 4.78 is 68.8. The van der Waals surface area contributed by atoms with Crippen LogP contribution < -0.4 is 5.32 Å². The molecule has 6 aliphatic heterocycles. The second-order valence-corrected chi connectivity index (χ2v) is 18.6. The highest BCUT2D eigenvalue weighted by molar-refractivity contribution is 5.73. The first kappa shape index (κ1) is 59.6. The van der Waals surface area contributed by atoms with E-state index in [2.05, 4.69) is 5.32 Å². The van der Waals surface area contributed by atoms with E-state index >= 15 is 0 Å². The van der Waals surface area contributed by atoms with Gasteiger partial charge in [-0.25, -0.2) is 0 Å². The molecule has 6 aliphatic rings. The van der Waals surface area contributed by atoms with Crippen molar-refractivity contribution in [3.05, 3.63) is 0 Å². The van der Waals surface area contributed by atoms with E-state index in [4.69, 9.17) is 56.8 Å². The zero-order valence-electron chi connectivity index (χ0n) is 39.3. The first-order valence-corrected chi connectivity index (χ1v) is 23.4. The molecule has 1 amide bonds. The Hall–Kier alpha value is -1.69. The summed E-state index contributed by atoms with van der Waals surface area (Å²) in [4.78, 5) is 12.8. The summed E-state index contributed by atoms with van der Waals surface area (Å²) in [7, 11) is 0. The van der Waals surface area contributed by atoms with Gasteiger partial charge in [-0.2, -0.15) is 0 Å². The molecule has 0 aromatic rings. The lowest BCUT2D eigenvalue weighted by molar-refractivity contribution is -0.393. The average Bonchev–Trinajstić information content (AvgIpc) is 3.34. The highest BCUT2D eigenvalue weighted by Crippen LogP contribution is 2.37. The normalized spacial score (nSPS) is 50.5. The highest BCUT2D eigenvalue weighted by atomic mass is 16.8. The van der Waals surface area contributed by atoms with Crippen molar-refractivity contribution < 1.29 is 148 Å². The van der Waals surface area contributed by atoms with E-state index in [-0.39, 0.29) is 0 Å². The first-order chi connectivity index (χ1) is 34.0. The Morgan fingerprint density at radius 3 is 1.31 bits per heavy atom. The van der Waals surface area contributed by atoms with Crippen LogP contribution >= 0.6 is 0 Å². The van der Waals surface area contributed by atoms with Gasteiger partial charge in [0, 0.05) is 6.92 Å². The lowest BCUT2D eigenvalue weighted by atomic mass is 9.94. The fourth-order valence-electron chi connectivity index (χ4n) is 9.21. The van der Waals surface area contributed by atoms with Crippen molar-refractivity contribution in [3.8, 4) is 0 Å². The summed E-state index contributed by atoms with van der Waals surface area (Å²) in [5.41, 5.74) is 0. The molecule has 0 bridgehead atoms. The highest BCUT2D eigenvalue weighted by Gasteiger charge is 2.58. The number of amides is 1. The van der Waals surface area contributed by atoms with Crippen molar-refractivity contribution in [1.29, 1.82) is 0 Å². The van der Waals surface area contributed by atoms with Crippen molar-refractivity contribution in [2.75, 3.05) is 33.0 Å². The van der Waals surface area contributed by atoms with E-state index < -0.39 is 229 Å². The van der Waals surface area contributed by atoms with Gasteiger partial charge in [0.2, 0.25) is 5.91 Å². The van der Waals surface area contributed by atoms with Crippen LogP contribution in [0, 0.1) is 0 Å². The SMILES string of the molecule is CC(=O)NC1C(O[C@@H]2OC(CO)[C@H](O)C(O)C2O[C@@H]2OC(C)[C@@H](O)C(O)C2O)[C@@H](O)C(CO)O[C@H]1OC1C(O)[C@@H](O[C@H]2C(CO)O[C@@H](O[C@@H]3C(CO)O[C@@H](OC(C)C)C(O)C3O)C(O)C2O)OC(CO)[C@@H]1O. The van der Waals surface area contributed by atoms with Gasteiger partial charge < -0.3 is 149 Å². The van der Waals surface area contributed by atoms with Gasteiger partial charge in [-0.3, -0.25) is 4.79 Å². The lowest BCUT2D eigenvalue weighted by Gasteiger charge is -2.51. The summed E-state index contributed by atoms with van der Waals surface area (Å²) in [5, 5.41) is 186. The first-order valence-electron chi connectivity index (χ1n) is 23.4. The van der Waals surface area contributed by atoms with Gasteiger partial charge in [-0.15, -0.1) is 0 Å². The topological polar surface area (TPSA) is 484 Å². The molecule has 18 unspecified atom stereocenters. The molecule has 420 valence electrons. The van der Waals surface area contributed by atoms with Crippen LogP contribution in [0.4, 0.5) is 0 Å². The quantitative estimate of drug-likeness (QED) is 0.0606. The standard InChI is InChI=1S/C41H71NO30/c1-10(2)61-37-28(58)25(55)31(16(8-46)66-37)68-39-29(59)26(56)32(17(9-47)67-39)69-40-30(60)34(22(52)15(7-45)64-40)71-36-18(42-12(4)48)33(21(51)14(6-44)63-36)70-41-35(24(54)20(50)13(5-43)65-41)72-38-27(57)23(53)19(49)11(3)62-38/h10-11,13-41,43-47,49-60H,5-9H2,1-4H3,(H,42,48)/t11?,13?,14?,15?,16?,17?,18?,19-,20+,21+,22+,23?,24?,25?,26?,27?,28?,29?,30?,31-,32+,33?,34?,35?,36+,37-,38+,39+,40-,41+/m1/s1. The molecule has 31 nitrogen and oxygen atoms in total. The number of ether oxygens (including phenoxy) is 12. The van der Waals surface area contributed by atoms with Gasteiger partial charge in [0.05, 0.1) is 45.2 Å². The summed E-state index contributed by atoms with van der Waals surface area (Å²) in [5.74, 6) is -0.857. The minimum Gasteiger partial charge on any atom is -0.394 e. The van der Waals surface area contributed by atoms with Crippen LogP contribution in [0.2, 0.25) is 0 Å². The summed E-state index contributed by atoms with van der Waals surface area (Å²) in [6, 6.07) is -1.78. The number of carbonyl (C=O) groups is 1. The second kappa shape index (κ2) is 25.6. The molecule has 6 rings (SSSR count). The smallest absolute Gasteiger partial charge is 0.217 e. The molecule has 6 fully saturated rings. The molecule has 0 radical (unpaired) electrons. The molecule has 0 saturated carbocycles. The second-order valence-electron chi connectivity index (χ2n) is 18.6. The summed E-state index contributed by atoms with van der Waals surface area (Å²) in [6.45, 7) is 0.832. The number of rotatable bonds is 18. The van der Waals surface area contributed by atoms with E-state index in [0.717, 1.165) is 6.92 Å². The Kier molecular flexibility index (Phi) is 21.2. The van der Waals surface area contributed by atoms with E-state index in [9.17, 15) is 91.6 Å². The van der Waals surface area contributed by atoms with Gasteiger partial charge in [-0.05, 0) is 20.8 Å². The molecule has 0 aromatic carbocycles. The predicted octanol–water partition coefficient (Wildman–Crippen LogP) is -11.5. The van der Waals surface area contributed by atoms with Gasteiger partial charge >= 0.3 is 0 Å². The number of nitrogens with one attached hydrogen (secondary N) is 1. The third kappa shape index (κ3) is 12.7. The van der Waals surface area contributed by atoms with Gasteiger partial charge in [-0.1, -0.05) is 0 Å².